The normalized spacial score (nSPS) is 9.78. The third kappa shape index (κ3) is 13.8. The summed E-state index contributed by atoms with van der Waals surface area (Å²) in [5.41, 5.74) is 7.34. The Kier molecular flexibility index (Phi) is 18.4. The topological polar surface area (TPSA) is 12.9 Å². The Labute approximate surface area is 367 Å². The molecule has 0 aliphatic heterocycles. The van der Waals surface area contributed by atoms with E-state index in [0.29, 0.717) is 0 Å². The molecule has 0 saturated heterocycles. The fraction of sp³-hybridized carbons (Fsp3) is 0. The van der Waals surface area contributed by atoms with Crippen LogP contribution in [0.5, 0.6) is 0 Å². The summed E-state index contributed by atoms with van der Waals surface area (Å²) >= 11 is 0. The number of rotatable bonds is 6. The molecular formula is C55H43IrNP2+. The van der Waals surface area contributed by atoms with Gasteiger partial charge >= 0.3 is 20.1 Å². The van der Waals surface area contributed by atoms with E-state index < -0.39 is 7.92 Å². The van der Waals surface area contributed by atoms with Gasteiger partial charge in [-0.25, -0.2) is 0 Å². The molecule has 286 valence electrons. The van der Waals surface area contributed by atoms with Gasteiger partial charge in [0.25, 0.3) is 0 Å². The molecule has 1 atom stereocenters. The van der Waals surface area contributed by atoms with E-state index in [2.05, 4.69) is 148 Å². The Bertz CT molecular complexity index is 2450. The van der Waals surface area contributed by atoms with Crippen LogP contribution in [0.3, 0.4) is 0 Å². The summed E-state index contributed by atoms with van der Waals surface area (Å²) in [5.74, 6) is 2.28. The van der Waals surface area contributed by atoms with Crippen molar-refractivity contribution in [1.82, 2.24) is 4.98 Å². The number of aromatic nitrogens is 1. The van der Waals surface area contributed by atoms with E-state index in [1.807, 2.05) is 127 Å². The molecule has 1 unspecified atom stereocenters. The minimum absolute atomic E-state index is 0. The van der Waals surface area contributed by atoms with Crippen molar-refractivity contribution in [1.29, 1.82) is 0 Å². The van der Waals surface area contributed by atoms with Gasteiger partial charge in [-0.1, -0.05) is 152 Å². The molecule has 1 aromatic heterocycles. The molecule has 4 heteroatoms. The summed E-state index contributed by atoms with van der Waals surface area (Å²) < 4.78 is 0. The Balaban J connectivity index is 0.000000168. The second-order valence-corrected chi connectivity index (χ2v) is 16.0. The van der Waals surface area contributed by atoms with Crippen LogP contribution in [0.25, 0.3) is 33.6 Å². The first-order valence-corrected chi connectivity index (χ1v) is 21.1. The van der Waals surface area contributed by atoms with Crippen molar-refractivity contribution in [3.8, 4) is 39.6 Å². The molecule has 0 fully saturated rings. The van der Waals surface area contributed by atoms with Crippen molar-refractivity contribution in [2.75, 3.05) is 0 Å². The van der Waals surface area contributed by atoms with Crippen LogP contribution in [0.15, 0.2) is 243 Å². The standard InChI is InChI=1S/C24H19P.C17H11N.C8H5.C6H7P.Ir/c1-4-12-20(13-5-1)23-18-10-11-19-24(23)25(21-14-6-2-7-15-21)22-16-8-3-9-17-22;1-3-8-14(9-4-1)16-12-7-13-17(18-16)15-10-5-2-6-11-15;1-2-8-6-4-3-5-7-8;7-6-4-2-1-3-5-6;/h1-19H;1-8,10,12-13H;3-7H;1-5H,7H2;/q;-2;-1;;+3/p+1. The molecule has 0 aliphatic carbocycles. The maximum atomic E-state index is 6.69. The molecule has 1 nitrogen and oxygen atoms in total. The van der Waals surface area contributed by atoms with Crippen LogP contribution in [0.2, 0.25) is 0 Å². The third-order valence-corrected chi connectivity index (χ3v) is 12.0. The molecular weight excluding hydrogens is 929 g/mol. The van der Waals surface area contributed by atoms with Crippen molar-refractivity contribution in [3.63, 3.8) is 0 Å². The minimum atomic E-state index is -1.05. The van der Waals surface area contributed by atoms with E-state index in [9.17, 15) is 0 Å². The van der Waals surface area contributed by atoms with Gasteiger partial charge in [-0.05, 0) is 52.6 Å². The van der Waals surface area contributed by atoms with Crippen LogP contribution in [0.4, 0.5) is 0 Å². The van der Waals surface area contributed by atoms with Gasteiger partial charge in [0.05, 0.1) is 7.92 Å². The number of hydrogen-bond donors (Lipinski definition) is 0. The first-order chi connectivity index (χ1) is 28.7. The van der Waals surface area contributed by atoms with Gasteiger partial charge in [-0.3, -0.25) is 5.92 Å². The zero-order chi connectivity index (χ0) is 40.0. The number of nitrogens with zero attached hydrogens (tertiary/aromatic N) is 1. The van der Waals surface area contributed by atoms with Gasteiger partial charge in [0, 0.05) is 5.56 Å². The van der Waals surface area contributed by atoms with Crippen LogP contribution in [0.1, 0.15) is 5.56 Å². The molecule has 1 heterocycles. The quantitative estimate of drug-likeness (QED) is 0.0919. The summed E-state index contributed by atoms with van der Waals surface area (Å²) in [7, 11) is 1.57. The average molecular weight is 972 g/mol. The molecule has 8 aromatic carbocycles. The van der Waals surface area contributed by atoms with E-state index in [-0.39, 0.29) is 20.1 Å². The van der Waals surface area contributed by atoms with E-state index in [0.717, 1.165) is 28.1 Å². The predicted molar refractivity (Wildman–Crippen MR) is 253 cm³/mol. The molecule has 0 N–H and O–H groups in total. The van der Waals surface area contributed by atoms with Gasteiger partial charge in [0.1, 0.15) is 15.9 Å². The van der Waals surface area contributed by atoms with Crippen molar-refractivity contribution < 1.29 is 20.1 Å². The Hall–Kier alpha value is -6.02. The number of benzene rings is 8. The van der Waals surface area contributed by atoms with Gasteiger partial charge in [0.15, 0.2) is 0 Å². The minimum Gasteiger partial charge on any atom is -0.366 e. The molecule has 0 bridgehead atoms. The van der Waals surface area contributed by atoms with E-state index in [4.69, 9.17) is 6.42 Å². The van der Waals surface area contributed by atoms with Crippen LogP contribution >= 0.6 is 17.2 Å². The number of pyridine rings is 1. The molecule has 0 spiro atoms. The van der Waals surface area contributed by atoms with Crippen LogP contribution in [-0.4, -0.2) is 4.98 Å². The molecule has 0 aliphatic rings. The van der Waals surface area contributed by atoms with Gasteiger partial charge in [-0.15, -0.1) is 98.7 Å². The zero-order valence-corrected chi connectivity index (χ0v) is 37.0. The summed E-state index contributed by atoms with van der Waals surface area (Å²) in [6.07, 6.45) is 6.69. The first kappa shape index (κ1) is 44.1. The third-order valence-electron chi connectivity index (χ3n) is 8.84. The summed E-state index contributed by atoms with van der Waals surface area (Å²) in [6.45, 7) is 0. The van der Waals surface area contributed by atoms with Crippen molar-refractivity contribution >= 4 is 38.4 Å². The van der Waals surface area contributed by atoms with E-state index in [1.54, 1.807) is 0 Å². The van der Waals surface area contributed by atoms with Crippen LogP contribution in [-0.2, 0) is 20.1 Å². The Morgan fingerprint density at radius 2 is 0.864 bits per heavy atom. The zero-order valence-electron chi connectivity index (χ0n) is 32.5. The second kappa shape index (κ2) is 24.7. The van der Waals surface area contributed by atoms with Crippen molar-refractivity contribution in [2.45, 2.75) is 0 Å². The average Bonchev–Trinajstić information content (AvgIpc) is 3.32. The predicted octanol–water partition coefficient (Wildman–Crippen LogP) is 11.7. The molecule has 9 aromatic rings. The molecule has 0 saturated carbocycles. The monoisotopic (exact) mass is 972 g/mol. The van der Waals surface area contributed by atoms with Crippen molar-refractivity contribution in [2.24, 2.45) is 0 Å². The summed E-state index contributed by atoms with van der Waals surface area (Å²) in [6, 6.07) is 89.0. The maximum absolute atomic E-state index is 6.69. The molecule has 9 rings (SSSR count). The van der Waals surface area contributed by atoms with Gasteiger partial charge < -0.3 is 11.4 Å². The van der Waals surface area contributed by atoms with Crippen molar-refractivity contribution in [3.05, 3.63) is 267 Å². The van der Waals surface area contributed by atoms with Gasteiger partial charge in [0.2, 0.25) is 0 Å². The SMILES string of the molecule is Pc1ccccc1.[C-]#Cc1ccccc1.[Ir+3].[c-]1ccccc1-c1cccc(-c2[c-]cccc2)n1.c1ccc(-c2ccccc2[PH+](c2ccccc2)c2ccccc2)cc1. The molecule has 0 amide bonds. The Morgan fingerprint density at radius 3 is 1.29 bits per heavy atom. The molecule has 59 heavy (non-hydrogen) atoms. The Morgan fingerprint density at radius 1 is 0.441 bits per heavy atom. The van der Waals surface area contributed by atoms with Crippen LogP contribution < -0.4 is 21.2 Å². The maximum Gasteiger partial charge on any atom is 3.00 e. The smallest absolute Gasteiger partial charge is 0.366 e. The first-order valence-electron chi connectivity index (χ1n) is 19.0. The second-order valence-electron chi connectivity index (χ2n) is 12.9. The fourth-order valence-electron chi connectivity index (χ4n) is 6.07. The largest absolute Gasteiger partial charge is 3.00 e. The molecule has 0 radical (unpaired) electrons. The number of hydrogen-bond acceptors (Lipinski definition) is 1. The van der Waals surface area contributed by atoms with E-state index >= 15 is 0 Å². The van der Waals surface area contributed by atoms with E-state index in [1.165, 1.54) is 32.3 Å². The summed E-state index contributed by atoms with van der Waals surface area (Å²) in [4.78, 5) is 4.65. The summed E-state index contributed by atoms with van der Waals surface area (Å²) in [5, 5.41) is 5.52. The fourth-order valence-corrected chi connectivity index (χ4v) is 9.06. The van der Waals surface area contributed by atoms with Crippen LogP contribution in [0, 0.1) is 24.5 Å². The van der Waals surface area contributed by atoms with Gasteiger partial charge in [-0.2, -0.15) is 0 Å².